The number of aryl methyl sites for hydroxylation is 2. The van der Waals surface area contributed by atoms with Crippen LogP contribution in [0.25, 0.3) is 11.5 Å². The highest BCUT2D eigenvalue weighted by Gasteiger charge is 2.44. The first-order valence-corrected chi connectivity index (χ1v) is 13.0. The average Bonchev–Trinajstić information content (AvgIpc) is 3.20. The second-order valence-corrected chi connectivity index (χ2v) is 11.0. The summed E-state index contributed by atoms with van der Waals surface area (Å²) in [7, 11) is 0. The summed E-state index contributed by atoms with van der Waals surface area (Å²) >= 11 is 0. The highest BCUT2D eigenvalue weighted by molar-refractivity contribution is 5.86. The van der Waals surface area contributed by atoms with Gasteiger partial charge in [-0.3, -0.25) is 9.59 Å². The van der Waals surface area contributed by atoms with E-state index in [0.29, 0.717) is 36.9 Å². The molecule has 1 aromatic carbocycles. The van der Waals surface area contributed by atoms with Crippen LogP contribution in [0.4, 0.5) is 0 Å². The molecule has 1 amide bonds. The summed E-state index contributed by atoms with van der Waals surface area (Å²) in [5.74, 6) is 2.36. The van der Waals surface area contributed by atoms with Crippen LogP contribution in [0.2, 0.25) is 0 Å². The van der Waals surface area contributed by atoms with E-state index in [2.05, 4.69) is 46.8 Å². The predicted molar refractivity (Wildman–Crippen MR) is 143 cm³/mol. The lowest BCUT2D eigenvalue weighted by Gasteiger charge is -2.18. The summed E-state index contributed by atoms with van der Waals surface area (Å²) in [5.41, 5.74) is 4.01. The summed E-state index contributed by atoms with van der Waals surface area (Å²) in [6, 6.07) is 8.44. The number of hydrogen-bond acceptors (Lipinski definition) is 6. The minimum Gasteiger partial charge on any atom is -0.361 e. The summed E-state index contributed by atoms with van der Waals surface area (Å²) in [5, 5.41) is 13.4. The van der Waals surface area contributed by atoms with Crippen molar-refractivity contribution in [1.29, 1.82) is 0 Å². The van der Waals surface area contributed by atoms with Gasteiger partial charge in [-0.15, -0.1) is 22.6 Å². The molecule has 1 saturated heterocycles. The quantitative estimate of drug-likeness (QED) is 0.416. The number of halogens is 1. The molecule has 9 heteroatoms. The maximum atomic E-state index is 13.7. The van der Waals surface area contributed by atoms with Crippen molar-refractivity contribution in [3.8, 4) is 11.5 Å². The molecule has 8 nitrogen and oxygen atoms in total. The van der Waals surface area contributed by atoms with E-state index in [0.717, 1.165) is 42.0 Å². The van der Waals surface area contributed by atoms with Crippen molar-refractivity contribution in [2.75, 3.05) is 13.1 Å². The van der Waals surface area contributed by atoms with Crippen LogP contribution in [-0.4, -0.2) is 49.6 Å². The number of Topliss-reactive ketones (excluding diaryl/α,β-unsaturated/α-hetero) is 1. The number of nitrogens with zero attached hydrogens (tertiary/aromatic N) is 5. The molecule has 0 N–H and O–H groups in total. The maximum Gasteiger partial charge on any atom is 0.219 e. The Morgan fingerprint density at radius 1 is 1.11 bits per heavy atom. The normalized spacial score (nSPS) is 19.4. The van der Waals surface area contributed by atoms with Gasteiger partial charge in [0.15, 0.2) is 11.5 Å². The van der Waals surface area contributed by atoms with Gasteiger partial charge in [0.25, 0.3) is 0 Å². The molecule has 0 bridgehead atoms. The van der Waals surface area contributed by atoms with Crippen molar-refractivity contribution in [2.45, 2.75) is 72.3 Å². The molecule has 3 heterocycles. The molecule has 37 heavy (non-hydrogen) atoms. The van der Waals surface area contributed by atoms with Crippen LogP contribution in [0.15, 0.2) is 28.8 Å². The zero-order chi connectivity index (χ0) is 25.6. The Morgan fingerprint density at radius 2 is 1.86 bits per heavy atom. The fraction of sp³-hybridized carbons (Fsp3) is 0.536. The lowest BCUT2D eigenvalue weighted by Crippen LogP contribution is -2.28. The number of aromatic nitrogens is 4. The van der Waals surface area contributed by atoms with E-state index in [9.17, 15) is 9.59 Å². The Balaban J connectivity index is 0.00000320. The van der Waals surface area contributed by atoms with Crippen molar-refractivity contribution < 1.29 is 14.1 Å². The summed E-state index contributed by atoms with van der Waals surface area (Å²) in [4.78, 5) is 27.8. The lowest BCUT2D eigenvalue weighted by molar-refractivity contribution is -0.128. The zero-order valence-electron chi connectivity index (χ0n) is 22.2. The van der Waals surface area contributed by atoms with Gasteiger partial charge in [0.05, 0.1) is 0 Å². The van der Waals surface area contributed by atoms with E-state index >= 15 is 0 Å². The van der Waals surface area contributed by atoms with E-state index in [1.165, 1.54) is 5.56 Å². The molecule has 2 atom stereocenters. The van der Waals surface area contributed by atoms with Crippen LogP contribution in [0.1, 0.15) is 73.8 Å². The van der Waals surface area contributed by atoms with Crippen molar-refractivity contribution in [1.82, 2.24) is 24.8 Å². The van der Waals surface area contributed by atoms with E-state index in [1.807, 2.05) is 25.1 Å². The smallest absolute Gasteiger partial charge is 0.219 e. The third-order valence-corrected chi connectivity index (χ3v) is 7.40. The van der Waals surface area contributed by atoms with Gasteiger partial charge in [-0.25, -0.2) is 0 Å². The maximum absolute atomic E-state index is 13.7. The van der Waals surface area contributed by atoms with Gasteiger partial charge in [-0.05, 0) is 43.7 Å². The second kappa shape index (κ2) is 10.8. The molecule has 0 radical (unpaired) electrons. The van der Waals surface area contributed by atoms with Crippen LogP contribution in [0.3, 0.4) is 0 Å². The molecule has 0 unspecified atom stereocenters. The molecule has 1 aliphatic heterocycles. The van der Waals surface area contributed by atoms with Crippen molar-refractivity contribution in [3.63, 3.8) is 0 Å². The van der Waals surface area contributed by atoms with E-state index in [-0.39, 0.29) is 42.0 Å². The Morgan fingerprint density at radius 3 is 2.51 bits per heavy atom. The SMILES string of the molecule is CC(=O)N1C[C@H](C(=O)Cc2ccc(C)cc2C)[C@@H](c2nnc(-c3cc(CC(C)C)on3)n2C2CC2)C1.Cl. The number of benzene rings is 1. The van der Waals surface area contributed by atoms with Crippen LogP contribution < -0.4 is 0 Å². The van der Waals surface area contributed by atoms with E-state index < -0.39 is 0 Å². The highest BCUT2D eigenvalue weighted by Crippen LogP contribution is 2.43. The Labute approximate surface area is 224 Å². The lowest BCUT2D eigenvalue weighted by atomic mass is 9.87. The number of hydrogen-bond donors (Lipinski definition) is 0. The summed E-state index contributed by atoms with van der Waals surface area (Å²) in [6.45, 7) is 10.8. The summed E-state index contributed by atoms with van der Waals surface area (Å²) in [6.07, 6.45) is 3.24. The Kier molecular flexibility index (Phi) is 7.88. The van der Waals surface area contributed by atoms with Crippen LogP contribution >= 0.6 is 12.4 Å². The third-order valence-electron chi connectivity index (χ3n) is 7.40. The largest absolute Gasteiger partial charge is 0.361 e. The highest BCUT2D eigenvalue weighted by atomic mass is 35.5. The number of amides is 1. The third kappa shape index (κ3) is 5.64. The standard InChI is InChI=1S/C28H35N5O3.ClH/c1-16(2)10-22-13-25(31-36-22)28-30-29-27(33(28)21-8-9-21)24-15-32(19(5)34)14-23(24)26(35)12-20-7-6-17(3)11-18(20)4;/h6-7,11,13,16,21,23-24H,8-10,12,14-15H2,1-5H3;1H/t23-,24-;/m0./s1. The molecule has 2 aromatic heterocycles. The second-order valence-electron chi connectivity index (χ2n) is 11.0. The monoisotopic (exact) mass is 525 g/mol. The molecular formula is C28H36ClN5O3. The summed E-state index contributed by atoms with van der Waals surface area (Å²) < 4.78 is 7.73. The van der Waals surface area contributed by atoms with E-state index in [4.69, 9.17) is 4.52 Å². The van der Waals surface area contributed by atoms with Gasteiger partial charge < -0.3 is 14.0 Å². The van der Waals surface area contributed by atoms with Gasteiger partial charge >= 0.3 is 0 Å². The minimum absolute atomic E-state index is 0. The van der Waals surface area contributed by atoms with Gasteiger partial charge in [0.1, 0.15) is 17.4 Å². The van der Waals surface area contributed by atoms with Crippen molar-refractivity contribution >= 4 is 24.1 Å². The number of likely N-dealkylation sites (tertiary alicyclic amines) is 1. The van der Waals surface area contributed by atoms with Crippen LogP contribution in [-0.2, 0) is 22.4 Å². The first-order valence-electron chi connectivity index (χ1n) is 13.0. The molecule has 5 rings (SSSR count). The number of carbonyl (C=O) groups excluding carboxylic acids is 2. The molecule has 3 aromatic rings. The molecule has 2 fully saturated rings. The Bertz CT molecular complexity index is 1290. The number of rotatable bonds is 8. The van der Waals surface area contributed by atoms with Crippen LogP contribution in [0, 0.1) is 25.7 Å². The molecule has 198 valence electrons. The van der Waals surface area contributed by atoms with Gasteiger partial charge in [0.2, 0.25) is 5.91 Å². The van der Waals surface area contributed by atoms with Gasteiger partial charge in [-0.2, -0.15) is 0 Å². The van der Waals surface area contributed by atoms with Gasteiger partial charge in [-0.1, -0.05) is 42.8 Å². The van der Waals surface area contributed by atoms with Crippen LogP contribution in [0.5, 0.6) is 0 Å². The topological polar surface area (TPSA) is 94.1 Å². The fourth-order valence-electron chi connectivity index (χ4n) is 5.35. The number of carbonyl (C=O) groups is 2. The fourth-order valence-corrected chi connectivity index (χ4v) is 5.35. The first kappa shape index (κ1) is 27.0. The van der Waals surface area contributed by atoms with Crippen molar-refractivity contribution in [2.24, 2.45) is 11.8 Å². The average molecular weight is 526 g/mol. The Hall–Kier alpha value is -3.00. The van der Waals surface area contributed by atoms with Crippen molar-refractivity contribution in [3.05, 3.63) is 52.5 Å². The first-order chi connectivity index (χ1) is 17.2. The zero-order valence-corrected chi connectivity index (χ0v) is 23.0. The van der Waals surface area contributed by atoms with E-state index in [1.54, 1.807) is 11.8 Å². The molecule has 0 spiro atoms. The molecule has 1 saturated carbocycles. The van der Waals surface area contributed by atoms with Gasteiger partial charge in [0, 0.05) is 56.8 Å². The molecular weight excluding hydrogens is 490 g/mol. The molecule has 1 aliphatic carbocycles. The number of ketones is 1. The predicted octanol–water partition coefficient (Wildman–Crippen LogP) is 4.88. The molecule has 2 aliphatic rings. The minimum atomic E-state index is -0.321.